The zero-order valence-corrected chi connectivity index (χ0v) is 11.0. The van der Waals surface area contributed by atoms with E-state index in [1.54, 1.807) is 0 Å². The van der Waals surface area contributed by atoms with Crippen molar-refractivity contribution < 1.29 is 14.7 Å². The van der Waals surface area contributed by atoms with Crippen LogP contribution in [0, 0.1) is 5.92 Å². The summed E-state index contributed by atoms with van der Waals surface area (Å²) in [5.41, 5.74) is 5.65. The highest BCUT2D eigenvalue weighted by atomic mass is 16.4. The molecule has 0 aliphatic rings. The van der Waals surface area contributed by atoms with Gasteiger partial charge in [-0.1, -0.05) is 25.5 Å². The van der Waals surface area contributed by atoms with Gasteiger partial charge in [-0.25, -0.2) is 9.48 Å². The molecule has 1 aromatic heterocycles. The molecule has 0 saturated heterocycles. The van der Waals surface area contributed by atoms with Crippen LogP contribution in [-0.4, -0.2) is 44.6 Å². The van der Waals surface area contributed by atoms with E-state index < -0.39 is 12.0 Å². The van der Waals surface area contributed by atoms with E-state index in [9.17, 15) is 9.59 Å². The van der Waals surface area contributed by atoms with E-state index in [-0.39, 0.29) is 17.5 Å². The van der Waals surface area contributed by atoms with Crippen LogP contribution in [0.25, 0.3) is 0 Å². The Hall–Kier alpha value is -1.96. The Labute approximate surface area is 111 Å². The van der Waals surface area contributed by atoms with Crippen LogP contribution in [0.4, 0.5) is 0 Å². The Balaban J connectivity index is 2.37. The fourth-order valence-electron chi connectivity index (χ4n) is 1.43. The minimum atomic E-state index is -1.13. The van der Waals surface area contributed by atoms with E-state index in [0.29, 0.717) is 13.1 Å². The van der Waals surface area contributed by atoms with Crippen LogP contribution in [0.3, 0.4) is 0 Å². The van der Waals surface area contributed by atoms with E-state index in [0.717, 1.165) is 6.42 Å². The third-order valence-electron chi connectivity index (χ3n) is 2.96. The largest absolute Gasteiger partial charge is 0.476 e. The van der Waals surface area contributed by atoms with Gasteiger partial charge in [0.05, 0.1) is 18.8 Å². The molecule has 8 heteroatoms. The lowest BCUT2D eigenvalue weighted by molar-refractivity contribution is -0.123. The molecule has 2 atom stereocenters. The van der Waals surface area contributed by atoms with Crippen LogP contribution < -0.4 is 11.1 Å². The fourth-order valence-corrected chi connectivity index (χ4v) is 1.43. The summed E-state index contributed by atoms with van der Waals surface area (Å²) >= 11 is 0. The van der Waals surface area contributed by atoms with Gasteiger partial charge in [0, 0.05) is 6.54 Å². The van der Waals surface area contributed by atoms with Crippen LogP contribution in [0.5, 0.6) is 0 Å². The van der Waals surface area contributed by atoms with E-state index in [1.165, 1.54) is 10.9 Å². The van der Waals surface area contributed by atoms with Gasteiger partial charge >= 0.3 is 5.97 Å². The average molecular weight is 269 g/mol. The molecule has 0 aliphatic heterocycles. The van der Waals surface area contributed by atoms with Gasteiger partial charge in [-0.15, -0.1) is 5.10 Å². The first kappa shape index (κ1) is 15.1. The molecular weight excluding hydrogens is 250 g/mol. The lowest BCUT2D eigenvalue weighted by Crippen LogP contribution is -2.45. The maximum absolute atomic E-state index is 11.7. The molecule has 0 saturated carbocycles. The SMILES string of the molecule is CC[C@H](C)[C@H](N)C(=O)NCCn1cc(C(=O)O)nn1. The number of nitrogens with two attached hydrogens (primary N) is 1. The van der Waals surface area contributed by atoms with Crippen molar-refractivity contribution in [1.29, 1.82) is 0 Å². The van der Waals surface area contributed by atoms with Crippen LogP contribution in [0.2, 0.25) is 0 Å². The first-order valence-corrected chi connectivity index (χ1v) is 6.12. The molecular formula is C11H19N5O3. The Morgan fingerprint density at radius 2 is 2.26 bits per heavy atom. The molecule has 0 radical (unpaired) electrons. The summed E-state index contributed by atoms with van der Waals surface area (Å²) in [6.45, 7) is 4.56. The second-order valence-electron chi connectivity index (χ2n) is 4.37. The molecule has 8 nitrogen and oxygen atoms in total. The second kappa shape index (κ2) is 6.83. The van der Waals surface area contributed by atoms with E-state index in [2.05, 4.69) is 15.6 Å². The van der Waals surface area contributed by atoms with Crippen LogP contribution in [0.15, 0.2) is 6.20 Å². The molecule has 0 fully saturated rings. The van der Waals surface area contributed by atoms with Gasteiger partial charge in [0.25, 0.3) is 0 Å². The van der Waals surface area contributed by atoms with Crippen molar-refractivity contribution in [3.8, 4) is 0 Å². The zero-order valence-electron chi connectivity index (χ0n) is 11.0. The van der Waals surface area contributed by atoms with Gasteiger partial charge in [-0.05, 0) is 5.92 Å². The van der Waals surface area contributed by atoms with Gasteiger partial charge in [0.2, 0.25) is 5.91 Å². The molecule has 1 heterocycles. The molecule has 0 spiro atoms. The molecule has 0 bridgehead atoms. The van der Waals surface area contributed by atoms with E-state index in [4.69, 9.17) is 10.8 Å². The quantitative estimate of drug-likeness (QED) is 0.611. The lowest BCUT2D eigenvalue weighted by Gasteiger charge is -2.17. The number of nitrogens with zero attached hydrogens (tertiary/aromatic N) is 3. The normalized spacial score (nSPS) is 13.8. The average Bonchev–Trinajstić information content (AvgIpc) is 2.85. The Morgan fingerprint density at radius 1 is 1.58 bits per heavy atom. The molecule has 0 aromatic carbocycles. The van der Waals surface area contributed by atoms with Gasteiger partial charge in [0.15, 0.2) is 5.69 Å². The maximum atomic E-state index is 11.7. The van der Waals surface area contributed by atoms with Crippen molar-refractivity contribution >= 4 is 11.9 Å². The number of hydrogen-bond acceptors (Lipinski definition) is 5. The van der Waals surface area contributed by atoms with Crippen molar-refractivity contribution in [2.75, 3.05) is 6.54 Å². The first-order valence-electron chi connectivity index (χ1n) is 6.12. The zero-order chi connectivity index (χ0) is 14.4. The van der Waals surface area contributed by atoms with E-state index in [1.807, 2.05) is 13.8 Å². The lowest BCUT2D eigenvalue weighted by atomic mass is 9.99. The number of aromatic carboxylic acids is 1. The van der Waals surface area contributed by atoms with Crippen LogP contribution in [-0.2, 0) is 11.3 Å². The number of nitrogens with one attached hydrogen (secondary N) is 1. The number of amides is 1. The number of carbonyl (C=O) groups is 2. The van der Waals surface area contributed by atoms with Gasteiger partial charge in [-0.3, -0.25) is 4.79 Å². The number of carboxylic acid groups (broad SMARTS) is 1. The summed E-state index contributed by atoms with van der Waals surface area (Å²) in [5, 5.41) is 18.5. The minimum Gasteiger partial charge on any atom is -0.476 e. The third-order valence-corrected chi connectivity index (χ3v) is 2.96. The Bertz CT molecular complexity index is 445. The van der Waals surface area contributed by atoms with Crippen molar-refractivity contribution in [1.82, 2.24) is 20.3 Å². The minimum absolute atomic E-state index is 0.116. The number of carboxylic acids is 1. The van der Waals surface area contributed by atoms with Gasteiger partial charge in [-0.2, -0.15) is 0 Å². The Kier molecular flexibility index (Phi) is 5.43. The molecule has 1 aromatic rings. The highest BCUT2D eigenvalue weighted by Crippen LogP contribution is 2.04. The second-order valence-corrected chi connectivity index (χ2v) is 4.37. The topological polar surface area (TPSA) is 123 Å². The van der Waals surface area contributed by atoms with Crippen molar-refractivity contribution in [3.63, 3.8) is 0 Å². The highest BCUT2D eigenvalue weighted by molar-refractivity contribution is 5.84. The maximum Gasteiger partial charge on any atom is 0.358 e. The highest BCUT2D eigenvalue weighted by Gasteiger charge is 2.18. The van der Waals surface area contributed by atoms with E-state index >= 15 is 0 Å². The van der Waals surface area contributed by atoms with Crippen LogP contribution >= 0.6 is 0 Å². The summed E-state index contributed by atoms with van der Waals surface area (Å²) in [6.07, 6.45) is 2.14. The number of aromatic nitrogens is 3. The van der Waals surface area contributed by atoms with Crippen molar-refractivity contribution in [2.45, 2.75) is 32.9 Å². The van der Waals surface area contributed by atoms with Crippen LogP contribution in [0.1, 0.15) is 30.8 Å². The number of carbonyl (C=O) groups excluding carboxylic acids is 1. The predicted octanol–water partition coefficient (Wildman–Crippen LogP) is -0.534. The molecule has 4 N–H and O–H groups in total. The molecule has 1 rings (SSSR count). The molecule has 19 heavy (non-hydrogen) atoms. The summed E-state index contributed by atoms with van der Waals surface area (Å²) in [5.74, 6) is -1.23. The fraction of sp³-hybridized carbons (Fsp3) is 0.636. The van der Waals surface area contributed by atoms with Crippen molar-refractivity contribution in [3.05, 3.63) is 11.9 Å². The summed E-state index contributed by atoms with van der Waals surface area (Å²) in [7, 11) is 0. The smallest absolute Gasteiger partial charge is 0.358 e. The number of rotatable bonds is 7. The van der Waals surface area contributed by atoms with Crippen molar-refractivity contribution in [2.24, 2.45) is 11.7 Å². The predicted molar refractivity (Wildman–Crippen MR) is 67.4 cm³/mol. The Morgan fingerprint density at radius 3 is 2.79 bits per heavy atom. The molecule has 1 amide bonds. The molecule has 106 valence electrons. The molecule has 0 aliphatic carbocycles. The first-order chi connectivity index (χ1) is 8.95. The third kappa shape index (κ3) is 4.32. The summed E-state index contributed by atoms with van der Waals surface area (Å²) in [4.78, 5) is 22.3. The monoisotopic (exact) mass is 269 g/mol. The van der Waals surface area contributed by atoms with Gasteiger partial charge < -0.3 is 16.2 Å². The van der Waals surface area contributed by atoms with Gasteiger partial charge in [0.1, 0.15) is 0 Å². The molecule has 0 unspecified atom stereocenters. The number of hydrogen-bond donors (Lipinski definition) is 3. The standard InChI is InChI=1S/C11H19N5O3/c1-3-7(2)9(12)10(17)13-4-5-16-6-8(11(18)19)14-15-16/h6-7,9H,3-5,12H2,1-2H3,(H,13,17)(H,18,19)/t7-,9-/m0/s1. The summed E-state index contributed by atoms with van der Waals surface area (Å²) in [6, 6.07) is -0.532. The summed E-state index contributed by atoms with van der Waals surface area (Å²) < 4.78 is 1.36.